The molecule has 1 aromatic carbocycles. The van der Waals surface area contributed by atoms with Gasteiger partial charge in [-0.25, -0.2) is 0 Å². The van der Waals surface area contributed by atoms with E-state index in [1.807, 2.05) is 24.3 Å². The largest absolute Gasteiger partial charge is 0.394 e. The molecule has 4 heteroatoms. The molecule has 0 aromatic heterocycles. The molecule has 2 rings (SSSR count). The Labute approximate surface area is 104 Å². The molecule has 0 spiro atoms. The Morgan fingerprint density at radius 1 is 1.56 bits per heavy atom. The number of hydrogen-bond acceptors (Lipinski definition) is 3. The molecule has 1 saturated heterocycles. The molecule has 2 N–H and O–H groups in total. The first-order valence-corrected chi connectivity index (χ1v) is 6.29. The number of aliphatic hydroxyl groups excluding tert-OH is 1. The molecule has 1 heterocycles. The van der Waals surface area contributed by atoms with Gasteiger partial charge in [0.2, 0.25) is 0 Å². The number of nitrogens with one attached hydrogen (secondary N) is 1. The molecule has 16 heavy (non-hydrogen) atoms. The minimum atomic E-state index is -0.0100. The van der Waals surface area contributed by atoms with Gasteiger partial charge >= 0.3 is 0 Å². The fourth-order valence-corrected chi connectivity index (χ4v) is 2.35. The third kappa shape index (κ3) is 3.04. The summed E-state index contributed by atoms with van der Waals surface area (Å²) in [5, 5.41) is 12.8. The summed E-state index contributed by atoms with van der Waals surface area (Å²) in [6, 6.07) is 8.37. The number of rotatable bonds is 4. The van der Waals surface area contributed by atoms with E-state index in [4.69, 9.17) is 4.74 Å². The van der Waals surface area contributed by atoms with Gasteiger partial charge in [0, 0.05) is 17.1 Å². The van der Waals surface area contributed by atoms with Crippen molar-refractivity contribution in [1.29, 1.82) is 0 Å². The first-order valence-electron chi connectivity index (χ1n) is 5.49. The Balaban J connectivity index is 2.03. The maximum atomic E-state index is 9.41. The monoisotopic (exact) mass is 285 g/mol. The van der Waals surface area contributed by atoms with Crippen LogP contribution in [-0.2, 0) is 4.74 Å². The molecule has 0 saturated carbocycles. The summed E-state index contributed by atoms with van der Waals surface area (Å²) in [6.45, 7) is 1.66. The van der Waals surface area contributed by atoms with E-state index in [0.29, 0.717) is 6.04 Å². The van der Waals surface area contributed by atoms with E-state index in [9.17, 15) is 5.11 Å². The van der Waals surface area contributed by atoms with Crippen molar-refractivity contribution in [1.82, 2.24) is 5.32 Å². The summed E-state index contributed by atoms with van der Waals surface area (Å²) in [5.41, 5.74) is 1.10. The molecule has 0 bridgehead atoms. The van der Waals surface area contributed by atoms with Crippen LogP contribution >= 0.6 is 15.9 Å². The molecule has 2 unspecified atom stereocenters. The van der Waals surface area contributed by atoms with E-state index in [2.05, 4.69) is 21.2 Å². The highest BCUT2D eigenvalue weighted by Crippen LogP contribution is 2.19. The summed E-state index contributed by atoms with van der Waals surface area (Å²) in [7, 11) is 0. The van der Waals surface area contributed by atoms with Crippen molar-refractivity contribution in [3.63, 3.8) is 0 Å². The molecule has 0 radical (unpaired) electrons. The van der Waals surface area contributed by atoms with Crippen LogP contribution in [0.1, 0.15) is 18.0 Å². The third-order valence-corrected chi connectivity index (χ3v) is 3.29. The predicted octanol–water partition coefficient (Wildman–Crippen LogP) is 1.86. The zero-order valence-corrected chi connectivity index (χ0v) is 10.6. The van der Waals surface area contributed by atoms with Crippen molar-refractivity contribution in [2.45, 2.75) is 18.5 Å². The average Bonchev–Trinajstić information content (AvgIpc) is 2.78. The molecule has 0 amide bonds. The Kier molecular flexibility index (Phi) is 4.35. The lowest BCUT2D eigenvalue weighted by Gasteiger charge is -2.20. The average molecular weight is 286 g/mol. The van der Waals surface area contributed by atoms with Gasteiger partial charge in [-0.3, -0.25) is 0 Å². The van der Waals surface area contributed by atoms with Crippen LogP contribution < -0.4 is 5.32 Å². The highest BCUT2D eigenvalue weighted by Gasteiger charge is 2.20. The van der Waals surface area contributed by atoms with Gasteiger partial charge in [-0.2, -0.15) is 0 Å². The van der Waals surface area contributed by atoms with Crippen LogP contribution in [0.4, 0.5) is 0 Å². The second kappa shape index (κ2) is 5.77. The van der Waals surface area contributed by atoms with Crippen molar-refractivity contribution in [3.8, 4) is 0 Å². The van der Waals surface area contributed by atoms with E-state index in [-0.39, 0.29) is 12.6 Å². The Hall–Kier alpha value is -0.420. The second-order valence-electron chi connectivity index (χ2n) is 4.02. The molecule has 2 atom stereocenters. The van der Waals surface area contributed by atoms with Gasteiger partial charge in [0.25, 0.3) is 0 Å². The van der Waals surface area contributed by atoms with Gasteiger partial charge in [0.05, 0.1) is 19.3 Å². The molecule has 0 aliphatic carbocycles. The first-order chi connectivity index (χ1) is 7.79. The van der Waals surface area contributed by atoms with Gasteiger partial charge in [0.1, 0.15) is 0 Å². The Morgan fingerprint density at radius 2 is 2.44 bits per heavy atom. The predicted molar refractivity (Wildman–Crippen MR) is 66.3 cm³/mol. The van der Waals surface area contributed by atoms with Crippen molar-refractivity contribution >= 4 is 15.9 Å². The molecule has 3 nitrogen and oxygen atoms in total. The number of ether oxygens (including phenoxy) is 1. The summed E-state index contributed by atoms with van der Waals surface area (Å²) < 4.78 is 6.34. The van der Waals surface area contributed by atoms with E-state index >= 15 is 0 Å². The van der Waals surface area contributed by atoms with Gasteiger partial charge < -0.3 is 15.2 Å². The zero-order valence-electron chi connectivity index (χ0n) is 9.03. The number of hydrogen-bond donors (Lipinski definition) is 2. The molecular formula is C12H16BrNO2. The van der Waals surface area contributed by atoms with Crippen LogP contribution in [0, 0.1) is 0 Å². The third-order valence-electron chi connectivity index (χ3n) is 2.80. The van der Waals surface area contributed by atoms with Crippen LogP contribution in [-0.4, -0.2) is 31.0 Å². The molecular weight excluding hydrogens is 270 g/mol. The Morgan fingerprint density at radius 3 is 3.06 bits per heavy atom. The molecule has 1 fully saturated rings. The smallest absolute Gasteiger partial charge is 0.0626 e. The van der Waals surface area contributed by atoms with Gasteiger partial charge in [-0.15, -0.1) is 0 Å². The standard InChI is InChI=1S/C12H16BrNO2/c13-10-3-1-2-9(6-10)12(7-15)14-11-4-5-16-8-11/h1-3,6,11-12,14-15H,4-5,7-8H2. The summed E-state index contributed by atoms with van der Waals surface area (Å²) in [6.07, 6.45) is 1.02. The molecule has 88 valence electrons. The highest BCUT2D eigenvalue weighted by atomic mass is 79.9. The normalized spacial score (nSPS) is 22.2. The lowest BCUT2D eigenvalue weighted by Crippen LogP contribution is -2.34. The van der Waals surface area contributed by atoms with E-state index in [0.717, 1.165) is 29.7 Å². The quantitative estimate of drug-likeness (QED) is 0.887. The van der Waals surface area contributed by atoms with E-state index in [1.54, 1.807) is 0 Å². The van der Waals surface area contributed by atoms with Gasteiger partial charge in [-0.1, -0.05) is 28.1 Å². The van der Waals surface area contributed by atoms with E-state index < -0.39 is 0 Å². The second-order valence-corrected chi connectivity index (χ2v) is 4.93. The number of aliphatic hydroxyl groups is 1. The molecule has 1 aliphatic rings. The van der Waals surface area contributed by atoms with Crippen LogP contribution in [0.15, 0.2) is 28.7 Å². The van der Waals surface area contributed by atoms with Gasteiger partial charge in [-0.05, 0) is 24.1 Å². The summed E-state index contributed by atoms with van der Waals surface area (Å²) in [4.78, 5) is 0. The SMILES string of the molecule is OCC(NC1CCOC1)c1cccc(Br)c1. The van der Waals surface area contributed by atoms with Crippen LogP contribution in [0.25, 0.3) is 0 Å². The highest BCUT2D eigenvalue weighted by molar-refractivity contribution is 9.10. The lowest BCUT2D eigenvalue weighted by molar-refractivity contribution is 0.180. The van der Waals surface area contributed by atoms with Crippen molar-refractivity contribution in [2.24, 2.45) is 0 Å². The van der Waals surface area contributed by atoms with Crippen molar-refractivity contribution in [2.75, 3.05) is 19.8 Å². The lowest BCUT2D eigenvalue weighted by atomic mass is 10.1. The fourth-order valence-electron chi connectivity index (χ4n) is 1.93. The summed E-state index contributed by atoms with van der Waals surface area (Å²) in [5.74, 6) is 0. The maximum absolute atomic E-state index is 9.41. The summed E-state index contributed by atoms with van der Waals surface area (Å²) >= 11 is 3.44. The fraction of sp³-hybridized carbons (Fsp3) is 0.500. The van der Waals surface area contributed by atoms with E-state index in [1.165, 1.54) is 0 Å². The topological polar surface area (TPSA) is 41.5 Å². The molecule has 1 aliphatic heterocycles. The van der Waals surface area contributed by atoms with Crippen molar-refractivity contribution in [3.05, 3.63) is 34.3 Å². The number of halogens is 1. The Bertz CT molecular complexity index is 340. The zero-order chi connectivity index (χ0) is 11.4. The first kappa shape index (κ1) is 12.0. The minimum Gasteiger partial charge on any atom is -0.394 e. The maximum Gasteiger partial charge on any atom is 0.0626 e. The van der Waals surface area contributed by atoms with Crippen LogP contribution in [0.5, 0.6) is 0 Å². The van der Waals surface area contributed by atoms with Gasteiger partial charge in [0.15, 0.2) is 0 Å². The van der Waals surface area contributed by atoms with Crippen LogP contribution in [0.3, 0.4) is 0 Å². The minimum absolute atomic E-state index is 0.0100. The number of benzene rings is 1. The van der Waals surface area contributed by atoms with Crippen LogP contribution in [0.2, 0.25) is 0 Å². The van der Waals surface area contributed by atoms with Crippen molar-refractivity contribution < 1.29 is 9.84 Å². The molecule has 1 aromatic rings.